The number of hydrogen-bond acceptors (Lipinski definition) is 7. The maximum atomic E-state index is 12.6. The van der Waals surface area contributed by atoms with Crippen molar-refractivity contribution >= 4 is 35.6 Å². The van der Waals surface area contributed by atoms with Crippen molar-refractivity contribution < 1.29 is 28.6 Å². The van der Waals surface area contributed by atoms with Crippen LogP contribution >= 0.6 is 11.6 Å². The highest BCUT2D eigenvalue weighted by molar-refractivity contribution is 6.31. The Bertz CT molecular complexity index is 1030. The van der Waals surface area contributed by atoms with E-state index in [9.17, 15) is 14.4 Å². The summed E-state index contributed by atoms with van der Waals surface area (Å²) in [7, 11) is 2.72. The van der Waals surface area contributed by atoms with Crippen molar-refractivity contribution in [3.05, 3.63) is 58.6 Å². The van der Waals surface area contributed by atoms with Gasteiger partial charge in [-0.05, 0) is 47.9 Å². The summed E-state index contributed by atoms with van der Waals surface area (Å²) >= 11 is 5.93. The van der Waals surface area contributed by atoms with Crippen molar-refractivity contribution in [1.82, 2.24) is 10.7 Å². The average molecular weight is 476 g/mol. The Morgan fingerprint density at radius 3 is 2.48 bits per heavy atom. The van der Waals surface area contributed by atoms with Gasteiger partial charge in [0.25, 0.3) is 11.8 Å². The maximum absolute atomic E-state index is 12.6. The fourth-order valence-electron chi connectivity index (χ4n) is 2.71. The Hall–Kier alpha value is -3.59. The molecule has 0 saturated heterocycles. The number of carbonyl (C=O) groups excluding carboxylic acids is 3. The first-order valence-electron chi connectivity index (χ1n) is 10.0. The average Bonchev–Trinajstić information content (AvgIpc) is 2.80. The number of hydrazone groups is 1. The molecule has 9 nitrogen and oxygen atoms in total. The SMILES string of the molecule is COC(=O)COc1ccc(C=NNC(=O)C(NC(=O)c2cccc(Cl)c2)C(C)C)cc1OC. The van der Waals surface area contributed by atoms with Crippen LogP contribution in [0.1, 0.15) is 29.8 Å². The Morgan fingerprint density at radius 1 is 1.09 bits per heavy atom. The van der Waals surface area contributed by atoms with Gasteiger partial charge in [-0.1, -0.05) is 31.5 Å². The lowest BCUT2D eigenvalue weighted by atomic mass is 10.0. The Labute approximate surface area is 197 Å². The van der Waals surface area contributed by atoms with Gasteiger partial charge in [0, 0.05) is 10.6 Å². The molecule has 1 unspecified atom stereocenters. The Kier molecular flexibility index (Phi) is 9.68. The highest BCUT2D eigenvalue weighted by Crippen LogP contribution is 2.27. The van der Waals surface area contributed by atoms with E-state index < -0.39 is 23.8 Å². The molecule has 2 aromatic rings. The van der Waals surface area contributed by atoms with Crippen molar-refractivity contribution in [2.24, 2.45) is 11.0 Å². The molecule has 0 saturated carbocycles. The Morgan fingerprint density at radius 2 is 1.85 bits per heavy atom. The first-order valence-corrected chi connectivity index (χ1v) is 10.4. The lowest BCUT2D eigenvalue weighted by Crippen LogP contribution is -2.48. The number of benzene rings is 2. The lowest BCUT2D eigenvalue weighted by Gasteiger charge is -2.20. The number of carbonyl (C=O) groups is 3. The summed E-state index contributed by atoms with van der Waals surface area (Å²) < 4.78 is 15.2. The third-order valence-corrected chi connectivity index (χ3v) is 4.71. The number of amides is 2. The number of esters is 1. The van der Waals surface area contributed by atoms with Crippen LogP contribution in [-0.4, -0.2) is 50.9 Å². The first kappa shape index (κ1) is 25.7. The predicted molar refractivity (Wildman–Crippen MR) is 124 cm³/mol. The van der Waals surface area contributed by atoms with Crippen molar-refractivity contribution in [3.63, 3.8) is 0 Å². The van der Waals surface area contributed by atoms with Crippen molar-refractivity contribution in [2.45, 2.75) is 19.9 Å². The first-order chi connectivity index (χ1) is 15.7. The number of rotatable bonds is 10. The molecule has 0 aliphatic heterocycles. The lowest BCUT2D eigenvalue weighted by molar-refractivity contribution is -0.142. The fraction of sp³-hybridized carbons (Fsp3) is 0.304. The molecule has 10 heteroatoms. The number of nitrogens with one attached hydrogen (secondary N) is 2. The smallest absolute Gasteiger partial charge is 0.343 e. The number of halogens is 1. The van der Waals surface area contributed by atoms with Gasteiger partial charge in [-0.15, -0.1) is 0 Å². The molecule has 0 aromatic heterocycles. The molecule has 0 fully saturated rings. The van der Waals surface area contributed by atoms with Crippen LogP contribution in [-0.2, 0) is 14.3 Å². The van der Waals surface area contributed by atoms with Crippen LogP contribution < -0.4 is 20.2 Å². The summed E-state index contributed by atoms with van der Waals surface area (Å²) in [6.07, 6.45) is 1.42. The largest absolute Gasteiger partial charge is 0.493 e. The van der Waals surface area contributed by atoms with Gasteiger partial charge in [0.05, 0.1) is 20.4 Å². The van der Waals surface area contributed by atoms with E-state index in [1.165, 1.54) is 26.5 Å². The minimum atomic E-state index is -0.808. The summed E-state index contributed by atoms with van der Waals surface area (Å²) in [5.74, 6) is -0.859. The van der Waals surface area contributed by atoms with Crippen LogP contribution in [0.25, 0.3) is 0 Å². The van der Waals surface area contributed by atoms with E-state index in [-0.39, 0.29) is 12.5 Å². The fourth-order valence-corrected chi connectivity index (χ4v) is 2.90. The van der Waals surface area contributed by atoms with Crippen LogP contribution in [0.15, 0.2) is 47.6 Å². The van der Waals surface area contributed by atoms with Crippen molar-refractivity contribution in [3.8, 4) is 11.5 Å². The third-order valence-electron chi connectivity index (χ3n) is 4.47. The molecule has 0 heterocycles. The zero-order valence-electron chi connectivity index (χ0n) is 18.8. The topological polar surface area (TPSA) is 115 Å². The molecule has 2 N–H and O–H groups in total. The van der Waals surface area contributed by atoms with E-state index in [2.05, 4.69) is 20.6 Å². The second-order valence-electron chi connectivity index (χ2n) is 7.21. The Balaban J connectivity index is 2.02. The minimum absolute atomic E-state index is 0.185. The third kappa shape index (κ3) is 7.80. The van der Waals surface area contributed by atoms with Crippen LogP contribution in [0.3, 0.4) is 0 Å². The molecular weight excluding hydrogens is 450 g/mol. The molecule has 2 rings (SSSR count). The molecule has 0 spiro atoms. The van der Waals surface area contributed by atoms with Gasteiger partial charge in [0.2, 0.25) is 0 Å². The van der Waals surface area contributed by atoms with E-state index in [4.69, 9.17) is 21.1 Å². The van der Waals surface area contributed by atoms with Gasteiger partial charge < -0.3 is 19.5 Å². The standard InChI is InChI=1S/C23H26ClN3O6/c1-14(2)21(26-22(29)16-6-5-7-17(24)11-16)23(30)27-25-12-15-8-9-18(19(10-15)31-3)33-13-20(28)32-4/h5-12,14,21H,13H2,1-4H3,(H,26,29)(H,27,30). The van der Waals surface area contributed by atoms with E-state index in [0.29, 0.717) is 27.6 Å². The number of nitrogens with zero attached hydrogens (tertiary/aromatic N) is 1. The van der Waals surface area contributed by atoms with Gasteiger partial charge in [-0.2, -0.15) is 5.10 Å². The summed E-state index contributed by atoms with van der Waals surface area (Å²) in [4.78, 5) is 36.3. The van der Waals surface area contributed by atoms with Crippen LogP contribution in [0.2, 0.25) is 5.02 Å². The van der Waals surface area contributed by atoms with Gasteiger partial charge in [-0.25, -0.2) is 10.2 Å². The quantitative estimate of drug-likeness (QED) is 0.310. The van der Waals surface area contributed by atoms with Crippen LogP contribution in [0.5, 0.6) is 11.5 Å². The summed E-state index contributed by atoms with van der Waals surface area (Å²) in [6, 6.07) is 10.6. The molecule has 2 aromatic carbocycles. The molecule has 176 valence electrons. The number of hydrogen-bond donors (Lipinski definition) is 2. The second kappa shape index (κ2) is 12.4. The van der Waals surface area contributed by atoms with E-state index >= 15 is 0 Å². The minimum Gasteiger partial charge on any atom is -0.493 e. The van der Waals surface area contributed by atoms with Crippen molar-refractivity contribution in [2.75, 3.05) is 20.8 Å². The molecular formula is C23H26ClN3O6. The molecule has 1 atom stereocenters. The maximum Gasteiger partial charge on any atom is 0.343 e. The molecule has 0 aliphatic carbocycles. The van der Waals surface area contributed by atoms with Gasteiger partial charge in [0.15, 0.2) is 18.1 Å². The normalized spacial score (nSPS) is 11.7. The van der Waals surface area contributed by atoms with E-state index in [1.807, 2.05) is 13.8 Å². The van der Waals surface area contributed by atoms with Crippen LogP contribution in [0, 0.1) is 5.92 Å². The monoisotopic (exact) mass is 475 g/mol. The second-order valence-corrected chi connectivity index (χ2v) is 7.65. The van der Waals surface area contributed by atoms with E-state index in [1.54, 1.807) is 36.4 Å². The van der Waals surface area contributed by atoms with Gasteiger partial charge in [-0.3, -0.25) is 9.59 Å². The number of ether oxygens (including phenoxy) is 3. The summed E-state index contributed by atoms with van der Waals surface area (Å²) in [6.45, 7) is 3.36. The van der Waals surface area contributed by atoms with E-state index in [0.717, 1.165) is 0 Å². The van der Waals surface area contributed by atoms with Crippen LogP contribution in [0.4, 0.5) is 0 Å². The zero-order valence-corrected chi connectivity index (χ0v) is 19.5. The predicted octanol–water partition coefficient (Wildman–Crippen LogP) is 2.81. The molecule has 0 aliphatic rings. The molecule has 2 amide bonds. The highest BCUT2D eigenvalue weighted by Gasteiger charge is 2.24. The summed E-state index contributed by atoms with van der Waals surface area (Å²) in [5, 5.41) is 7.09. The zero-order chi connectivity index (χ0) is 24.4. The van der Waals surface area contributed by atoms with Gasteiger partial charge >= 0.3 is 5.97 Å². The summed E-state index contributed by atoms with van der Waals surface area (Å²) in [5.41, 5.74) is 3.40. The molecule has 0 bridgehead atoms. The van der Waals surface area contributed by atoms with Crippen molar-refractivity contribution in [1.29, 1.82) is 0 Å². The number of methoxy groups -OCH3 is 2. The molecule has 33 heavy (non-hydrogen) atoms. The highest BCUT2D eigenvalue weighted by atomic mass is 35.5. The molecule has 0 radical (unpaired) electrons. The van der Waals surface area contributed by atoms with Gasteiger partial charge in [0.1, 0.15) is 6.04 Å².